The van der Waals surface area contributed by atoms with Gasteiger partial charge in [0, 0.05) is 10.8 Å². The number of rotatable bonds is 4. The molecule has 0 aromatic heterocycles. The molecule has 1 aliphatic rings. The molecule has 1 aromatic carbocycles. The van der Waals surface area contributed by atoms with E-state index in [1.165, 1.54) is 11.8 Å². The van der Waals surface area contributed by atoms with E-state index in [4.69, 9.17) is 9.47 Å². The number of amides is 1. The zero-order chi connectivity index (χ0) is 14.6. The molecule has 1 N–H and O–H groups in total. The molecule has 2 atom stereocenters. The molecular weight excluding hydrogens is 278 g/mol. The molecule has 1 heterocycles. The minimum atomic E-state index is -1.15. The highest BCUT2D eigenvalue weighted by Crippen LogP contribution is 2.26. The van der Waals surface area contributed by atoms with Gasteiger partial charge in [0.2, 0.25) is 0 Å². The van der Waals surface area contributed by atoms with Crippen LogP contribution in [0.1, 0.15) is 17.3 Å². The fourth-order valence-electron chi connectivity index (χ4n) is 2.02. The summed E-state index contributed by atoms with van der Waals surface area (Å²) in [6, 6.07) is 8.77. The first-order valence-corrected chi connectivity index (χ1v) is 7.54. The van der Waals surface area contributed by atoms with Crippen molar-refractivity contribution in [1.29, 1.82) is 0 Å². The number of carbonyl (C=O) groups excluding carboxylic acids is 2. The van der Waals surface area contributed by atoms with E-state index in [-0.39, 0.29) is 24.6 Å². The van der Waals surface area contributed by atoms with Crippen LogP contribution >= 0.6 is 11.8 Å². The maximum atomic E-state index is 12.3. The number of thioether (sulfide) groups is 1. The molecule has 108 valence electrons. The molecule has 1 aliphatic heterocycles. The molecule has 1 saturated heterocycles. The lowest BCUT2D eigenvalue weighted by Gasteiger charge is -2.39. The van der Waals surface area contributed by atoms with Gasteiger partial charge in [-0.05, 0) is 18.4 Å². The van der Waals surface area contributed by atoms with Crippen molar-refractivity contribution in [2.45, 2.75) is 17.7 Å². The second-order valence-corrected chi connectivity index (χ2v) is 5.75. The van der Waals surface area contributed by atoms with Gasteiger partial charge in [-0.2, -0.15) is 11.8 Å². The van der Waals surface area contributed by atoms with Crippen LogP contribution in [-0.4, -0.2) is 42.3 Å². The molecule has 5 nitrogen and oxygen atoms in total. The van der Waals surface area contributed by atoms with Crippen molar-refractivity contribution in [1.82, 2.24) is 5.32 Å². The fraction of sp³-hybridized carbons (Fsp3) is 0.429. The number of cyclic esters (lactones) is 1. The largest absolute Gasteiger partial charge is 0.437 e. The monoisotopic (exact) mass is 295 g/mol. The molecule has 2 unspecified atom stereocenters. The average Bonchev–Trinajstić information content (AvgIpc) is 2.49. The molecule has 0 spiro atoms. The van der Waals surface area contributed by atoms with Gasteiger partial charge in [-0.25, -0.2) is 4.79 Å². The Morgan fingerprint density at radius 1 is 1.40 bits per heavy atom. The summed E-state index contributed by atoms with van der Waals surface area (Å²) < 4.78 is 10.2. The van der Waals surface area contributed by atoms with Crippen LogP contribution in [0.25, 0.3) is 0 Å². The number of esters is 1. The highest BCUT2D eigenvalue weighted by atomic mass is 32.2. The van der Waals surface area contributed by atoms with Gasteiger partial charge < -0.3 is 14.8 Å². The van der Waals surface area contributed by atoms with Crippen LogP contribution in [0.3, 0.4) is 0 Å². The lowest BCUT2D eigenvalue weighted by Crippen LogP contribution is -2.65. The minimum Gasteiger partial charge on any atom is -0.437 e. The highest BCUT2D eigenvalue weighted by Gasteiger charge is 2.49. The standard InChI is InChI=1S/C14H17NO4S/c1-10(20-2)14(8-18-9-19-13(14)17)15-12(16)11-6-4-3-5-7-11/h3-7,10H,8-9H2,1-2H3,(H,15,16). The van der Waals surface area contributed by atoms with E-state index < -0.39 is 11.5 Å². The summed E-state index contributed by atoms with van der Waals surface area (Å²) in [4.78, 5) is 24.5. The van der Waals surface area contributed by atoms with Crippen LogP contribution in [0.15, 0.2) is 30.3 Å². The molecule has 1 fully saturated rings. The molecule has 0 saturated carbocycles. The smallest absolute Gasteiger partial charge is 0.337 e. The lowest BCUT2D eigenvalue weighted by atomic mass is 9.95. The van der Waals surface area contributed by atoms with E-state index in [1.807, 2.05) is 19.2 Å². The van der Waals surface area contributed by atoms with Gasteiger partial charge in [0.15, 0.2) is 12.3 Å². The third-order valence-electron chi connectivity index (χ3n) is 3.39. The topological polar surface area (TPSA) is 64.6 Å². The van der Waals surface area contributed by atoms with Crippen LogP contribution in [0.2, 0.25) is 0 Å². The van der Waals surface area contributed by atoms with E-state index >= 15 is 0 Å². The van der Waals surface area contributed by atoms with Gasteiger partial charge in [0.25, 0.3) is 5.91 Å². The van der Waals surface area contributed by atoms with E-state index in [0.717, 1.165) is 0 Å². The van der Waals surface area contributed by atoms with Crippen molar-refractivity contribution in [3.63, 3.8) is 0 Å². The number of ether oxygens (including phenoxy) is 2. The number of hydrogen-bond donors (Lipinski definition) is 1. The van der Waals surface area contributed by atoms with Crippen molar-refractivity contribution in [3.05, 3.63) is 35.9 Å². The van der Waals surface area contributed by atoms with E-state index in [9.17, 15) is 9.59 Å². The van der Waals surface area contributed by atoms with Gasteiger partial charge in [-0.15, -0.1) is 0 Å². The molecule has 0 aliphatic carbocycles. The van der Waals surface area contributed by atoms with E-state index in [0.29, 0.717) is 5.56 Å². The Balaban J connectivity index is 2.24. The van der Waals surface area contributed by atoms with Gasteiger partial charge in [0.05, 0.1) is 6.61 Å². The quantitative estimate of drug-likeness (QED) is 0.852. The first kappa shape index (κ1) is 14.9. The molecule has 6 heteroatoms. The van der Waals surface area contributed by atoms with Crippen molar-refractivity contribution in [3.8, 4) is 0 Å². The Bertz CT molecular complexity index is 493. The lowest BCUT2D eigenvalue weighted by molar-refractivity contribution is -0.184. The zero-order valence-electron chi connectivity index (χ0n) is 11.4. The van der Waals surface area contributed by atoms with Crippen molar-refractivity contribution in [2.75, 3.05) is 19.7 Å². The maximum Gasteiger partial charge on any atom is 0.337 e. The summed E-state index contributed by atoms with van der Waals surface area (Å²) in [5, 5.41) is 2.63. The number of carbonyl (C=O) groups is 2. The highest BCUT2D eigenvalue weighted by molar-refractivity contribution is 7.99. The predicted molar refractivity (Wildman–Crippen MR) is 76.5 cm³/mol. The Labute approximate surface area is 122 Å². The van der Waals surface area contributed by atoms with Gasteiger partial charge in [0.1, 0.15) is 0 Å². The second kappa shape index (κ2) is 6.28. The van der Waals surface area contributed by atoms with Crippen LogP contribution in [0.4, 0.5) is 0 Å². The molecule has 1 amide bonds. The Hall–Kier alpha value is -1.53. The maximum absolute atomic E-state index is 12.3. The summed E-state index contributed by atoms with van der Waals surface area (Å²) in [6.45, 7) is 1.92. The number of benzene rings is 1. The van der Waals surface area contributed by atoms with Crippen LogP contribution in [0.5, 0.6) is 0 Å². The minimum absolute atomic E-state index is 0.0666. The summed E-state index contributed by atoms with van der Waals surface area (Å²) >= 11 is 1.48. The van der Waals surface area contributed by atoms with Crippen molar-refractivity contribution < 1.29 is 19.1 Å². The SMILES string of the molecule is CSC(C)C1(NC(=O)c2ccccc2)COCOC1=O. The zero-order valence-corrected chi connectivity index (χ0v) is 12.2. The number of nitrogens with one attached hydrogen (secondary N) is 1. The van der Waals surface area contributed by atoms with Gasteiger partial charge in [-0.1, -0.05) is 25.1 Å². The van der Waals surface area contributed by atoms with Crippen LogP contribution < -0.4 is 5.32 Å². The summed E-state index contributed by atoms with van der Waals surface area (Å²) in [6.07, 6.45) is 1.88. The Morgan fingerprint density at radius 2 is 2.10 bits per heavy atom. The summed E-state index contributed by atoms with van der Waals surface area (Å²) in [5.41, 5.74) is -0.650. The van der Waals surface area contributed by atoms with Crippen LogP contribution in [-0.2, 0) is 14.3 Å². The Kier molecular flexibility index (Phi) is 4.67. The molecule has 0 bridgehead atoms. The van der Waals surface area contributed by atoms with E-state index in [1.54, 1.807) is 24.3 Å². The first-order valence-electron chi connectivity index (χ1n) is 6.25. The first-order chi connectivity index (χ1) is 9.60. The normalized spacial score (nSPS) is 23.8. The summed E-state index contributed by atoms with van der Waals surface area (Å²) in [5.74, 6) is -0.760. The van der Waals surface area contributed by atoms with E-state index in [2.05, 4.69) is 5.32 Å². The van der Waals surface area contributed by atoms with Gasteiger partial charge >= 0.3 is 5.97 Å². The van der Waals surface area contributed by atoms with Crippen molar-refractivity contribution in [2.24, 2.45) is 0 Å². The van der Waals surface area contributed by atoms with Crippen molar-refractivity contribution >= 4 is 23.6 Å². The van der Waals surface area contributed by atoms with Gasteiger partial charge in [-0.3, -0.25) is 4.79 Å². The third-order valence-corrected chi connectivity index (χ3v) is 4.50. The molecule has 20 heavy (non-hydrogen) atoms. The molecule has 2 rings (SSSR count). The molecule has 0 radical (unpaired) electrons. The van der Waals surface area contributed by atoms with Crippen LogP contribution in [0, 0.1) is 0 Å². The predicted octanol–water partition coefficient (Wildman–Crippen LogP) is 1.44. The molecular formula is C14H17NO4S. The third kappa shape index (κ3) is 2.81. The second-order valence-electron chi connectivity index (χ2n) is 4.57. The fourth-order valence-corrected chi connectivity index (χ4v) is 2.65. The average molecular weight is 295 g/mol. The summed E-state index contributed by atoms with van der Waals surface area (Å²) in [7, 11) is 0. The Morgan fingerprint density at radius 3 is 2.70 bits per heavy atom. The number of hydrogen-bond acceptors (Lipinski definition) is 5. The molecule has 1 aromatic rings.